The van der Waals surface area contributed by atoms with Gasteiger partial charge in [-0.3, -0.25) is 5.41 Å². The predicted molar refractivity (Wildman–Crippen MR) is 82.5 cm³/mol. The molecule has 104 valence electrons. The third-order valence-electron chi connectivity index (χ3n) is 3.32. The van der Waals surface area contributed by atoms with Crippen LogP contribution in [-0.2, 0) is 0 Å². The Morgan fingerprint density at radius 2 is 1.90 bits per heavy atom. The number of amidine groups is 1. The van der Waals surface area contributed by atoms with Crippen molar-refractivity contribution in [2.75, 3.05) is 0 Å². The maximum atomic E-state index is 7.73. The molecule has 21 heavy (non-hydrogen) atoms. The zero-order chi connectivity index (χ0) is 14.8. The number of nitrogen functional groups attached to an aromatic ring is 1. The van der Waals surface area contributed by atoms with Crippen LogP contribution in [-0.4, -0.2) is 20.6 Å². The van der Waals surface area contributed by atoms with Gasteiger partial charge in [0.15, 0.2) is 5.82 Å². The lowest BCUT2D eigenvalue weighted by Crippen LogP contribution is -2.17. The third kappa shape index (κ3) is 2.41. The minimum atomic E-state index is -0.00707. The molecule has 3 rings (SSSR count). The summed E-state index contributed by atoms with van der Waals surface area (Å²) in [5, 5.41) is 12.1. The smallest absolute Gasteiger partial charge is 0.164 e. The fourth-order valence-electron chi connectivity index (χ4n) is 2.27. The van der Waals surface area contributed by atoms with E-state index < -0.39 is 0 Å². The van der Waals surface area contributed by atoms with E-state index in [4.69, 9.17) is 11.1 Å². The summed E-state index contributed by atoms with van der Waals surface area (Å²) in [6.45, 7) is 1.91. The molecule has 2 aromatic heterocycles. The first-order valence-electron chi connectivity index (χ1n) is 6.57. The maximum Gasteiger partial charge on any atom is 0.164 e. The van der Waals surface area contributed by atoms with Crippen molar-refractivity contribution in [3.63, 3.8) is 0 Å². The van der Waals surface area contributed by atoms with Crippen molar-refractivity contribution >= 4 is 5.84 Å². The minimum absolute atomic E-state index is 0.00707. The van der Waals surface area contributed by atoms with E-state index in [-0.39, 0.29) is 5.84 Å². The molecule has 0 saturated carbocycles. The van der Waals surface area contributed by atoms with Gasteiger partial charge in [-0.15, -0.1) is 0 Å². The summed E-state index contributed by atoms with van der Waals surface area (Å²) in [4.78, 5) is 4.32. The first-order valence-corrected chi connectivity index (χ1v) is 6.57. The molecule has 0 unspecified atom stereocenters. The van der Waals surface area contributed by atoms with Crippen molar-refractivity contribution in [3.05, 3.63) is 66.1 Å². The highest BCUT2D eigenvalue weighted by Gasteiger charge is 2.13. The van der Waals surface area contributed by atoms with Gasteiger partial charge in [-0.1, -0.05) is 30.3 Å². The second kappa shape index (κ2) is 5.20. The number of benzene rings is 1. The SMILES string of the molecule is Cc1ccnc(-n2cc(-c3ccccc3)cn2)c1C(=N)N. The number of nitrogens with one attached hydrogen (secondary N) is 1. The van der Waals surface area contributed by atoms with E-state index in [2.05, 4.69) is 10.1 Å². The van der Waals surface area contributed by atoms with Crippen molar-refractivity contribution in [2.45, 2.75) is 6.92 Å². The number of rotatable bonds is 3. The normalized spacial score (nSPS) is 10.5. The molecule has 0 aliphatic heterocycles. The molecule has 5 nitrogen and oxygen atoms in total. The number of nitrogens with zero attached hydrogens (tertiary/aromatic N) is 3. The molecule has 5 heteroatoms. The molecule has 0 bridgehead atoms. The zero-order valence-corrected chi connectivity index (χ0v) is 11.6. The molecular weight excluding hydrogens is 262 g/mol. The Labute approximate surface area is 122 Å². The highest BCUT2D eigenvalue weighted by atomic mass is 15.3. The molecule has 2 heterocycles. The lowest BCUT2D eigenvalue weighted by atomic mass is 10.1. The van der Waals surface area contributed by atoms with Crippen LogP contribution in [0.4, 0.5) is 0 Å². The van der Waals surface area contributed by atoms with E-state index in [9.17, 15) is 0 Å². The van der Waals surface area contributed by atoms with Gasteiger partial charge in [0.1, 0.15) is 5.84 Å². The van der Waals surface area contributed by atoms with Gasteiger partial charge in [0.25, 0.3) is 0 Å². The lowest BCUT2D eigenvalue weighted by molar-refractivity contribution is 0.842. The molecule has 1 aromatic carbocycles. The molecule has 0 spiro atoms. The van der Waals surface area contributed by atoms with Crippen LogP contribution in [0.15, 0.2) is 55.0 Å². The second-order valence-corrected chi connectivity index (χ2v) is 4.78. The van der Waals surface area contributed by atoms with Crippen LogP contribution in [0.5, 0.6) is 0 Å². The molecular formula is C16H15N5. The maximum absolute atomic E-state index is 7.73. The summed E-state index contributed by atoms with van der Waals surface area (Å²) in [5.41, 5.74) is 9.27. The Balaban J connectivity index is 2.09. The van der Waals surface area contributed by atoms with Crippen LogP contribution in [0.1, 0.15) is 11.1 Å². The number of hydrogen-bond acceptors (Lipinski definition) is 3. The standard InChI is InChI=1S/C16H15N5/c1-11-7-8-19-16(14(11)15(17)18)21-10-13(9-20-21)12-5-3-2-4-6-12/h2-10H,1H3,(H3,17,18). The predicted octanol–water partition coefficient (Wildman–Crippen LogP) is 2.53. The van der Waals surface area contributed by atoms with Crippen LogP contribution in [0.3, 0.4) is 0 Å². The summed E-state index contributed by atoms with van der Waals surface area (Å²) in [6, 6.07) is 11.8. The van der Waals surface area contributed by atoms with Crippen molar-refractivity contribution in [1.82, 2.24) is 14.8 Å². The Bertz CT molecular complexity index is 789. The highest BCUT2D eigenvalue weighted by molar-refractivity contribution is 5.99. The molecule has 0 radical (unpaired) electrons. The molecule has 0 fully saturated rings. The number of hydrogen-bond donors (Lipinski definition) is 2. The second-order valence-electron chi connectivity index (χ2n) is 4.78. The summed E-state index contributed by atoms with van der Waals surface area (Å²) in [5.74, 6) is 0.567. The Morgan fingerprint density at radius 1 is 1.14 bits per heavy atom. The van der Waals surface area contributed by atoms with Gasteiger partial charge in [0.05, 0.1) is 11.8 Å². The van der Waals surface area contributed by atoms with Crippen LogP contribution in [0.25, 0.3) is 16.9 Å². The lowest BCUT2D eigenvalue weighted by Gasteiger charge is -2.09. The van der Waals surface area contributed by atoms with Gasteiger partial charge >= 0.3 is 0 Å². The summed E-state index contributed by atoms with van der Waals surface area (Å²) < 4.78 is 1.66. The van der Waals surface area contributed by atoms with Gasteiger partial charge in [-0.05, 0) is 24.1 Å². The molecule has 0 saturated heterocycles. The molecule has 0 aliphatic carbocycles. The topological polar surface area (TPSA) is 80.6 Å². The van der Waals surface area contributed by atoms with Gasteiger partial charge in [-0.2, -0.15) is 5.10 Å². The minimum Gasteiger partial charge on any atom is -0.384 e. The van der Waals surface area contributed by atoms with Crippen LogP contribution >= 0.6 is 0 Å². The van der Waals surface area contributed by atoms with E-state index >= 15 is 0 Å². The fourth-order valence-corrected chi connectivity index (χ4v) is 2.27. The van der Waals surface area contributed by atoms with Crippen LogP contribution in [0, 0.1) is 12.3 Å². The number of pyridine rings is 1. The quantitative estimate of drug-likeness (QED) is 0.570. The van der Waals surface area contributed by atoms with Crippen LogP contribution < -0.4 is 5.73 Å². The first kappa shape index (κ1) is 13.1. The third-order valence-corrected chi connectivity index (χ3v) is 3.32. The van der Waals surface area contributed by atoms with Crippen molar-refractivity contribution in [2.24, 2.45) is 5.73 Å². The number of aryl methyl sites for hydroxylation is 1. The average Bonchev–Trinajstić information content (AvgIpc) is 2.97. The first-order chi connectivity index (χ1) is 10.2. The van der Waals surface area contributed by atoms with Gasteiger partial charge in [0, 0.05) is 18.0 Å². The van der Waals surface area contributed by atoms with Crippen molar-refractivity contribution in [3.8, 4) is 16.9 Å². The fraction of sp³-hybridized carbons (Fsp3) is 0.0625. The molecule has 3 N–H and O–H groups in total. The van der Waals surface area contributed by atoms with Gasteiger partial charge in [-0.25, -0.2) is 9.67 Å². The monoisotopic (exact) mass is 277 g/mol. The van der Waals surface area contributed by atoms with Gasteiger partial charge in [0.2, 0.25) is 0 Å². The van der Waals surface area contributed by atoms with E-state index in [1.807, 2.05) is 49.5 Å². The summed E-state index contributed by atoms with van der Waals surface area (Å²) in [7, 11) is 0. The molecule has 0 atom stereocenters. The van der Waals surface area contributed by atoms with E-state index in [0.717, 1.165) is 16.7 Å². The van der Waals surface area contributed by atoms with Crippen LogP contribution in [0.2, 0.25) is 0 Å². The molecule has 3 aromatic rings. The zero-order valence-electron chi connectivity index (χ0n) is 11.6. The Hall–Kier alpha value is -2.95. The summed E-state index contributed by atoms with van der Waals surface area (Å²) in [6.07, 6.45) is 5.37. The van der Waals surface area contributed by atoms with E-state index in [0.29, 0.717) is 11.4 Å². The average molecular weight is 277 g/mol. The number of aromatic nitrogens is 3. The number of nitrogens with two attached hydrogens (primary N) is 1. The van der Waals surface area contributed by atoms with Gasteiger partial charge < -0.3 is 5.73 Å². The van der Waals surface area contributed by atoms with E-state index in [1.54, 1.807) is 17.1 Å². The summed E-state index contributed by atoms with van der Waals surface area (Å²) >= 11 is 0. The largest absolute Gasteiger partial charge is 0.384 e. The molecule has 0 amide bonds. The van der Waals surface area contributed by atoms with Crippen molar-refractivity contribution < 1.29 is 0 Å². The highest BCUT2D eigenvalue weighted by Crippen LogP contribution is 2.21. The molecule has 0 aliphatic rings. The van der Waals surface area contributed by atoms with Crippen molar-refractivity contribution in [1.29, 1.82) is 5.41 Å². The van der Waals surface area contributed by atoms with E-state index in [1.165, 1.54) is 0 Å². The Kier molecular flexibility index (Phi) is 3.23. The Morgan fingerprint density at radius 3 is 2.62 bits per heavy atom.